The minimum absolute atomic E-state index is 0.0187. The van der Waals surface area contributed by atoms with Crippen molar-refractivity contribution in [1.29, 1.82) is 0 Å². The second-order valence-corrected chi connectivity index (χ2v) is 10.6. The first-order valence-corrected chi connectivity index (χ1v) is 11.1. The van der Waals surface area contributed by atoms with E-state index in [1.807, 2.05) is 19.9 Å². The van der Waals surface area contributed by atoms with E-state index < -0.39 is 52.2 Å². The predicted octanol–water partition coefficient (Wildman–Crippen LogP) is 2.29. The quantitative estimate of drug-likeness (QED) is 0.504. The molecule has 1 spiro atoms. The lowest BCUT2D eigenvalue weighted by Gasteiger charge is -2.54. The summed E-state index contributed by atoms with van der Waals surface area (Å²) in [6, 6.07) is 0. The standard InChI is InChI=1S/C24H30O7/c1-12-8-16-15-5-4-13-9-14(25)6-7-21(13,2)24(15)18(31-24)11-22(16,3)23(12,30)20(29)17(26)10-19(27)28/h4,6-7,9,12,15-18,25-26,30H,5,8,10-11H2,1-3H3,(H,27,28)/t12?,15-,16-,17?,18-,21-,22-,23-,24+/m0/s1. The fourth-order valence-electron chi connectivity index (χ4n) is 7.78. The van der Waals surface area contributed by atoms with Gasteiger partial charge in [0, 0.05) is 10.8 Å². The zero-order valence-corrected chi connectivity index (χ0v) is 18.0. The van der Waals surface area contributed by atoms with Crippen molar-refractivity contribution in [3.63, 3.8) is 0 Å². The summed E-state index contributed by atoms with van der Waals surface area (Å²) in [6.45, 7) is 5.85. The number of aliphatic carboxylic acids is 1. The van der Waals surface area contributed by atoms with Crippen LogP contribution in [0.1, 0.15) is 46.5 Å². The number of carboxylic acid groups (broad SMARTS) is 1. The van der Waals surface area contributed by atoms with E-state index >= 15 is 0 Å². The summed E-state index contributed by atoms with van der Waals surface area (Å²) in [5, 5.41) is 41.1. The number of ether oxygens (including phenoxy) is 1. The number of carbonyl (C=O) groups excluding carboxylic acids is 1. The number of carboxylic acids is 1. The number of aliphatic hydroxyl groups excluding tert-OH is 2. The maximum absolute atomic E-state index is 13.2. The van der Waals surface area contributed by atoms with Gasteiger partial charge in [-0.3, -0.25) is 9.59 Å². The van der Waals surface area contributed by atoms with Crippen molar-refractivity contribution in [2.45, 2.75) is 69.9 Å². The zero-order valence-electron chi connectivity index (χ0n) is 18.0. The molecule has 7 heteroatoms. The summed E-state index contributed by atoms with van der Waals surface area (Å²) in [7, 11) is 0. The first kappa shape index (κ1) is 20.9. The van der Waals surface area contributed by atoms with E-state index in [0.29, 0.717) is 19.3 Å². The molecular formula is C24H30O7. The van der Waals surface area contributed by atoms with E-state index in [2.05, 4.69) is 13.0 Å². The largest absolute Gasteiger partial charge is 0.508 e. The topological polar surface area (TPSA) is 128 Å². The molecule has 0 aromatic heterocycles. The molecule has 0 amide bonds. The molecule has 2 saturated carbocycles. The molecule has 3 fully saturated rings. The normalized spacial score (nSPS) is 50.2. The minimum Gasteiger partial charge on any atom is -0.508 e. The zero-order chi connectivity index (χ0) is 22.6. The Morgan fingerprint density at radius 3 is 2.68 bits per heavy atom. The molecule has 9 atom stereocenters. The van der Waals surface area contributed by atoms with E-state index in [1.165, 1.54) is 0 Å². The summed E-state index contributed by atoms with van der Waals surface area (Å²) < 4.78 is 6.43. The van der Waals surface area contributed by atoms with Gasteiger partial charge in [0.2, 0.25) is 0 Å². The van der Waals surface area contributed by atoms with Crippen molar-refractivity contribution in [2.75, 3.05) is 0 Å². The van der Waals surface area contributed by atoms with Crippen molar-refractivity contribution in [2.24, 2.45) is 28.6 Å². The lowest BCUT2D eigenvalue weighted by molar-refractivity contribution is -0.172. The van der Waals surface area contributed by atoms with Crippen LogP contribution in [0.3, 0.4) is 0 Å². The Labute approximate surface area is 181 Å². The number of ketones is 1. The summed E-state index contributed by atoms with van der Waals surface area (Å²) in [5.74, 6) is -2.19. The predicted molar refractivity (Wildman–Crippen MR) is 110 cm³/mol. The van der Waals surface area contributed by atoms with Crippen LogP contribution in [0.2, 0.25) is 0 Å². The minimum atomic E-state index is -1.81. The molecule has 0 bridgehead atoms. The lowest BCUT2D eigenvalue weighted by atomic mass is 9.47. The third-order valence-corrected chi connectivity index (χ3v) is 9.35. The number of hydrogen-bond donors (Lipinski definition) is 4. The fourth-order valence-corrected chi connectivity index (χ4v) is 7.78. The molecule has 0 aromatic rings. The number of hydrogen-bond acceptors (Lipinski definition) is 6. The highest BCUT2D eigenvalue weighted by atomic mass is 16.6. The van der Waals surface area contributed by atoms with Gasteiger partial charge in [0.05, 0.1) is 12.5 Å². The highest BCUT2D eigenvalue weighted by Gasteiger charge is 2.81. The molecule has 5 rings (SSSR count). The molecular weight excluding hydrogens is 400 g/mol. The third kappa shape index (κ3) is 2.29. The Morgan fingerprint density at radius 2 is 2.00 bits per heavy atom. The molecule has 0 aromatic carbocycles. The number of rotatable bonds is 4. The van der Waals surface area contributed by atoms with Gasteiger partial charge in [-0.2, -0.15) is 0 Å². The van der Waals surface area contributed by atoms with Crippen LogP contribution in [0.4, 0.5) is 0 Å². The van der Waals surface area contributed by atoms with Crippen molar-refractivity contribution >= 4 is 11.8 Å². The maximum Gasteiger partial charge on any atom is 0.306 e. The van der Waals surface area contributed by atoms with Gasteiger partial charge in [-0.25, -0.2) is 0 Å². The summed E-state index contributed by atoms with van der Waals surface area (Å²) in [4.78, 5) is 24.3. The molecule has 168 valence electrons. The number of fused-ring (bicyclic) bond motifs is 3. The van der Waals surface area contributed by atoms with E-state index in [9.17, 15) is 24.9 Å². The van der Waals surface area contributed by atoms with E-state index in [-0.39, 0.29) is 23.7 Å². The fraction of sp³-hybridized carbons (Fsp3) is 0.667. The number of aliphatic hydroxyl groups is 3. The average Bonchev–Trinajstić information content (AvgIpc) is 3.37. The molecule has 0 radical (unpaired) electrons. The Balaban J connectivity index is 1.55. The van der Waals surface area contributed by atoms with Gasteiger partial charge in [0.1, 0.15) is 23.1 Å². The van der Waals surface area contributed by atoms with Gasteiger partial charge in [-0.15, -0.1) is 0 Å². The maximum atomic E-state index is 13.2. The van der Waals surface area contributed by atoms with Crippen molar-refractivity contribution in [3.05, 3.63) is 35.6 Å². The summed E-state index contributed by atoms with van der Waals surface area (Å²) >= 11 is 0. The van der Waals surface area contributed by atoms with Gasteiger partial charge in [-0.1, -0.05) is 26.0 Å². The van der Waals surface area contributed by atoms with Gasteiger partial charge in [0.25, 0.3) is 0 Å². The second-order valence-electron chi connectivity index (χ2n) is 10.6. The van der Waals surface area contributed by atoms with Crippen molar-refractivity contribution < 1.29 is 34.8 Å². The first-order valence-electron chi connectivity index (χ1n) is 11.1. The molecule has 1 saturated heterocycles. The number of carbonyl (C=O) groups is 2. The van der Waals surface area contributed by atoms with E-state index in [1.54, 1.807) is 12.2 Å². The van der Waals surface area contributed by atoms with Crippen LogP contribution in [0.25, 0.3) is 0 Å². The molecule has 7 nitrogen and oxygen atoms in total. The molecule has 31 heavy (non-hydrogen) atoms. The highest BCUT2D eigenvalue weighted by molar-refractivity contribution is 5.95. The second kappa shape index (κ2) is 6.09. The SMILES string of the molecule is CC1C[C@H]2[C@@H]3CC=C4C=C(O)C=C[C@]4(C)[C@@]34O[C@H]4C[C@]2(C)[C@@]1(O)C(=O)C(O)CC(=O)O. The molecule has 5 aliphatic rings. The number of allylic oxidation sites excluding steroid dienone is 3. The Hall–Kier alpha value is -1.96. The monoisotopic (exact) mass is 430 g/mol. The summed E-state index contributed by atoms with van der Waals surface area (Å²) in [6.07, 6.45) is 6.80. The van der Waals surface area contributed by atoms with Crippen LogP contribution >= 0.6 is 0 Å². The van der Waals surface area contributed by atoms with Crippen LogP contribution in [-0.2, 0) is 14.3 Å². The van der Waals surface area contributed by atoms with Crippen LogP contribution in [0.15, 0.2) is 35.6 Å². The van der Waals surface area contributed by atoms with Gasteiger partial charge in [0.15, 0.2) is 5.78 Å². The molecule has 2 unspecified atom stereocenters. The van der Waals surface area contributed by atoms with Crippen LogP contribution < -0.4 is 0 Å². The first-order chi connectivity index (χ1) is 14.4. The van der Waals surface area contributed by atoms with Crippen LogP contribution in [0, 0.1) is 28.6 Å². The van der Waals surface area contributed by atoms with Gasteiger partial charge < -0.3 is 25.2 Å². The van der Waals surface area contributed by atoms with Gasteiger partial charge in [-0.05, 0) is 61.7 Å². The Morgan fingerprint density at radius 1 is 1.29 bits per heavy atom. The number of epoxide rings is 1. The summed E-state index contributed by atoms with van der Waals surface area (Å²) in [5.41, 5.74) is -2.44. The van der Waals surface area contributed by atoms with Crippen molar-refractivity contribution in [1.82, 2.24) is 0 Å². The molecule has 1 heterocycles. The Bertz CT molecular complexity index is 965. The van der Waals surface area contributed by atoms with Crippen LogP contribution in [-0.4, -0.2) is 55.6 Å². The smallest absolute Gasteiger partial charge is 0.306 e. The van der Waals surface area contributed by atoms with Crippen molar-refractivity contribution in [3.8, 4) is 0 Å². The molecule has 4 N–H and O–H groups in total. The molecule has 1 aliphatic heterocycles. The third-order valence-electron chi connectivity index (χ3n) is 9.35. The van der Waals surface area contributed by atoms with E-state index in [0.717, 1.165) is 5.57 Å². The van der Waals surface area contributed by atoms with Gasteiger partial charge >= 0.3 is 5.97 Å². The van der Waals surface area contributed by atoms with Crippen LogP contribution in [0.5, 0.6) is 0 Å². The lowest BCUT2D eigenvalue weighted by Crippen LogP contribution is -2.63. The number of Topliss-reactive ketones (excluding diaryl/α,β-unsaturated/α-hetero) is 1. The highest BCUT2D eigenvalue weighted by Crippen LogP contribution is 2.75. The Kier molecular flexibility index (Phi) is 4.11. The van der Waals surface area contributed by atoms with E-state index in [4.69, 9.17) is 9.84 Å². The molecule has 4 aliphatic carbocycles. The average molecular weight is 430 g/mol.